The number of rotatable bonds is 2. The highest BCUT2D eigenvalue weighted by molar-refractivity contribution is 6.30. The minimum absolute atomic E-state index is 0.145. The minimum Gasteiger partial charge on any atom is -0.462 e. The summed E-state index contributed by atoms with van der Waals surface area (Å²) in [4.78, 5) is 13.5. The molecular weight excluding hydrogens is 424 g/mol. The second kappa shape index (κ2) is 7.07. The molecular formula is C25H17ClN4O2. The lowest BCUT2D eigenvalue weighted by Gasteiger charge is -2.33. The number of amidine groups is 1. The largest absolute Gasteiger partial charge is 0.462 e. The highest BCUT2D eigenvalue weighted by atomic mass is 35.5. The lowest BCUT2D eigenvalue weighted by molar-refractivity contribution is 0.262. The normalized spacial score (nSPS) is 18.3. The summed E-state index contributed by atoms with van der Waals surface area (Å²) in [7, 11) is 0. The van der Waals surface area contributed by atoms with E-state index in [1.54, 1.807) is 18.6 Å². The van der Waals surface area contributed by atoms with Crippen molar-refractivity contribution in [3.63, 3.8) is 0 Å². The quantitative estimate of drug-likeness (QED) is 0.465. The highest BCUT2D eigenvalue weighted by Crippen LogP contribution is 2.51. The Kier molecular flexibility index (Phi) is 4.16. The summed E-state index contributed by atoms with van der Waals surface area (Å²) in [5.41, 5.74) is 10.8. The number of nitrogens with zero attached hydrogens (tertiary/aromatic N) is 3. The van der Waals surface area contributed by atoms with E-state index in [0.717, 1.165) is 33.4 Å². The summed E-state index contributed by atoms with van der Waals surface area (Å²) in [6, 6.07) is 19.8. The first kappa shape index (κ1) is 18.8. The van der Waals surface area contributed by atoms with Crippen molar-refractivity contribution in [3.8, 4) is 33.9 Å². The average Bonchev–Trinajstić information content (AvgIpc) is 3.22. The van der Waals surface area contributed by atoms with Crippen molar-refractivity contribution in [1.82, 2.24) is 9.97 Å². The van der Waals surface area contributed by atoms with Crippen LogP contribution in [0.5, 0.6) is 11.6 Å². The van der Waals surface area contributed by atoms with Gasteiger partial charge in [0.05, 0.1) is 5.56 Å². The van der Waals surface area contributed by atoms with Gasteiger partial charge in [-0.1, -0.05) is 29.8 Å². The van der Waals surface area contributed by atoms with Gasteiger partial charge in [0.25, 0.3) is 6.02 Å². The van der Waals surface area contributed by atoms with Gasteiger partial charge in [-0.2, -0.15) is 0 Å². The van der Waals surface area contributed by atoms with Crippen LogP contribution >= 0.6 is 11.6 Å². The Morgan fingerprint density at radius 3 is 2.47 bits per heavy atom. The van der Waals surface area contributed by atoms with Crippen LogP contribution in [0, 0.1) is 0 Å². The van der Waals surface area contributed by atoms with Gasteiger partial charge in [0.1, 0.15) is 12.4 Å². The standard InChI is InChI=1S/C25H17ClN4O2/c26-19-3-1-2-16(10-19)17-4-5-22-20(11-17)25(14-31-24(27)30-25)21-12-18(13-29-23(21)32-22)15-6-8-28-9-7-15/h1-13H,14H2,(H2,27,30)/t25-/m0/s1. The van der Waals surface area contributed by atoms with Gasteiger partial charge >= 0.3 is 0 Å². The predicted octanol–water partition coefficient (Wildman–Crippen LogP) is 5.16. The maximum absolute atomic E-state index is 6.22. The molecule has 156 valence electrons. The van der Waals surface area contributed by atoms with Crippen molar-refractivity contribution in [1.29, 1.82) is 0 Å². The minimum atomic E-state index is -0.850. The molecule has 6 nitrogen and oxygen atoms in total. The van der Waals surface area contributed by atoms with Crippen LogP contribution in [0.3, 0.4) is 0 Å². The van der Waals surface area contributed by atoms with E-state index >= 15 is 0 Å². The molecule has 32 heavy (non-hydrogen) atoms. The molecule has 2 N–H and O–H groups in total. The van der Waals surface area contributed by atoms with Gasteiger partial charge in [-0.05, 0) is 59.2 Å². The number of halogens is 1. The number of fused-ring (bicyclic) bond motifs is 4. The maximum Gasteiger partial charge on any atom is 0.283 e. The van der Waals surface area contributed by atoms with Gasteiger partial charge < -0.3 is 15.2 Å². The summed E-state index contributed by atoms with van der Waals surface area (Å²) in [5, 5.41) is 0.675. The lowest BCUT2D eigenvalue weighted by Crippen LogP contribution is -2.31. The number of hydrogen-bond donors (Lipinski definition) is 1. The molecule has 2 aliphatic rings. The zero-order valence-electron chi connectivity index (χ0n) is 16.8. The fourth-order valence-electron chi connectivity index (χ4n) is 4.28. The molecule has 0 saturated carbocycles. The van der Waals surface area contributed by atoms with E-state index in [1.807, 2.05) is 54.6 Å². The van der Waals surface area contributed by atoms with E-state index in [4.69, 9.17) is 31.8 Å². The van der Waals surface area contributed by atoms with Crippen LogP contribution in [0.25, 0.3) is 22.3 Å². The molecule has 0 saturated heterocycles. The Bertz CT molecular complexity index is 1390. The number of pyridine rings is 2. The molecule has 2 aromatic carbocycles. The highest BCUT2D eigenvalue weighted by Gasteiger charge is 2.47. The fraction of sp³-hybridized carbons (Fsp3) is 0.0800. The number of nitrogens with two attached hydrogens (primary N) is 1. The third-order valence-corrected chi connectivity index (χ3v) is 6.07. The Morgan fingerprint density at radius 2 is 1.69 bits per heavy atom. The molecule has 2 aromatic heterocycles. The van der Waals surface area contributed by atoms with Crippen LogP contribution in [0.4, 0.5) is 0 Å². The SMILES string of the molecule is NC1=N[C@@]2(CO1)c1cc(-c3cccc(Cl)c3)ccc1Oc1ncc(-c3ccncc3)cc12. The molecule has 1 spiro atoms. The molecule has 0 radical (unpaired) electrons. The Hall–Kier alpha value is -3.90. The van der Waals surface area contributed by atoms with E-state index in [-0.39, 0.29) is 12.6 Å². The lowest BCUT2D eigenvalue weighted by atomic mass is 9.80. The van der Waals surface area contributed by atoms with Crippen molar-refractivity contribution in [3.05, 3.63) is 95.4 Å². The zero-order chi connectivity index (χ0) is 21.7. The number of aromatic nitrogens is 2. The molecule has 0 fully saturated rings. The third kappa shape index (κ3) is 2.92. The smallest absolute Gasteiger partial charge is 0.283 e. The molecule has 0 amide bonds. The number of aliphatic imine (C=N–C) groups is 1. The predicted molar refractivity (Wildman–Crippen MR) is 123 cm³/mol. The molecule has 7 heteroatoms. The number of benzene rings is 2. The summed E-state index contributed by atoms with van der Waals surface area (Å²) < 4.78 is 11.9. The first-order valence-electron chi connectivity index (χ1n) is 10.1. The first-order chi connectivity index (χ1) is 15.6. The topological polar surface area (TPSA) is 82.6 Å². The molecule has 4 heterocycles. The second-order valence-electron chi connectivity index (χ2n) is 7.73. The maximum atomic E-state index is 6.22. The monoisotopic (exact) mass is 440 g/mol. The summed E-state index contributed by atoms with van der Waals surface area (Å²) in [6.07, 6.45) is 5.29. The van der Waals surface area contributed by atoms with Gasteiger partial charge in [0, 0.05) is 34.7 Å². The Labute approximate surface area is 189 Å². The molecule has 0 bridgehead atoms. The van der Waals surface area contributed by atoms with Crippen molar-refractivity contribution < 1.29 is 9.47 Å². The van der Waals surface area contributed by atoms with E-state index in [2.05, 4.69) is 16.0 Å². The van der Waals surface area contributed by atoms with Gasteiger partial charge in [-0.25, -0.2) is 9.98 Å². The van der Waals surface area contributed by atoms with Crippen molar-refractivity contribution in [2.45, 2.75) is 5.54 Å². The summed E-state index contributed by atoms with van der Waals surface area (Å²) >= 11 is 6.22. The van der Waals surface area contributed by atoms with Crippen molar-refractivity contribution in [2.75, 3.05) is 6.61 Å². The number of hydrogen-bond acceptors (Lipinski definition) is 6. The molecule has 4 aromatic rings. The summed E-state index contributed by atoms with van der Waals surface area (Å²) in [6.45, 7) is 0.267. The molecule has 0 aliphatic carbocycles. The molecule has 6 rings (SSSR count). The molecule has 0 unspecified atom stereocenters. The van der Waals surface area contributed by atoms with Gasteiger partial charge in [0.15, 0.2) is 5.54 Å². The van der Waals surface area contributed by atoms with Crippen LogP contribution in [-0.2, 0) is 10.3 Å². The van der Waals surface area contributed by atoms with E-state index in [9.17, 15) is 0 Å². The van der Waals surface area contributed by atoms with Crippen molar-refractivity contribution >= 4 is 17.6 Å². The molecule has 2 aliphatic heterocycles. The van der Waals surface area contributed by atoms with E-state index in [0.29, 0.717) is 16.7 Å². The molecule has 1 atom stereocenters. The van der Waals surface area contributed by atoms with E-state index in [1.165, 1.54) is 0 Å². The van der Waals surface area contributed by atoms with Gasteiger partial charge in [-0.3, -0.25) is 4.98 Å². The summed E-state index contributed by atoms with van der Waals surface area (Å²) in [5.74, 6) is 1.17. The first-order valence-corrected chi connectivity index (χ1v) is 10.5. The fourth-order valence-corrected chi connectivity index (χ4v) is 4.47. The number of ether oxygens (including phenoxy) is 2. The van der Waals surface area contributed by atoms with Crippen LogP contribution in [-0.4, -0.2) is 22.6 Å². The van der Waals surface area contributed by atoms with Gasteiger partial charge in [0.2, 0.25) is 5.88 Å². The zero-order valence-corrected chi connectivity index (χ0v) is 17.6. The van der Waals surface area contributed by atoms with Crippen LogP contribution in [0.1, 0.15) is 11.1 Å². The van der Waals surface area contributed by atoms with Crippen molar-refractivity contribution in [2.24, 2.45) is 10.7 Å². The Balaban J connectivity index is 1.55. The van der Waals surface area contributed by atoms with Crippen LogP contribution in [0.2, 0.25) is 5.02 Å². The van der Waals surface area contributed by atoms with Crippen LogP contribution in [0.15, 0.2) is 84.2 Å². The van der Waals surface area contributed by atoms with E-state index < -0.39 is 5.54 Å². The average molecular weight is 441 g/mol. The third-order valence-electron chi connectivity index (χ3n) is 5.83. The van der Waals surface area contributed by atoms with Crippen LogP contribution < -0.4 is 10.5 Å². The second-order valence-corrected chi connectivity index (χ2v) is 8.17. The Morgan fingerprint density at radius 1 is 0.875 bits per heavy atom. The van der Waals surface area contributed by atoms with Gasteiger partial charge in [-0.15, -0.1) is 0 Å².